The third-order valence-electron chi connectivity index (χ3n) is 5.29. The minimum Gasteiger partial charge on any atom is -0.350 e. The van der Waals surface area contributed by atoms with Crippen LogP contribution in [0.25, 0.3) is 5.57 Å². The standard InChI is InChI=1S/C25H18F4N2O2/c1-14-6-11-20(15(2)12-14)30-22-21(16-7-9-18(26)10-8-16)23(32)31(24(22)33)19-5-3-4-17(13-19)25(27,28)29/h3-13,30H,1-2H3. The Bertz CT molecular complexity index is 1290. The fourth-order valence-electron chi connectivity index (χ4n) is 3.67. The van der Waals surface area contributed by atoms with Crippen molar-refractivity contribution < 1.29 is 27.2 Å². The summed E-state index contributed by atoms with van der Waals surface area (Å²) in [7, 11) is 0. The maximum Gasteiger partial charge on any atom is 0.416 e. The van der Waals surface area contributed by atoms with Crippen LogP contribution < -0.4 is 10.2 Å². The van der Waals surface area contributed by atoms with Crippen molar-refractivity contribution in [3.63, 3.8) is 0 Å². The van der Waals surface area contributed by atoms with Crippen molar-refractivity contribution in [1.82, 2.24) is 0 Å². The summed E-state index contributed by atoms with van der Waals surface area (Å²) in [4.78, 5) is 27.4. The van der Waals surface area contributed by atoms with Crippen molar-refractivity contribution in [3.8, 4) is 0 Å². The Morgan fingerprint density at radius 1 is 0.848 bits per heavy atom. The number of hydrogen-bond acceptors (Lipinski definition) is 3. The Morgan fingerprint density at radius 2 is 1.55 bits per heavy atom. The number of amides is 2. The van der Waals surface area contributed by atoms with Gasteiger partial charge in [-0.25, -0.2) is 9.29 Å². The van der Waals surface area contributed by atoms with Crippen LogP contribution in [0.1, 0.15) is 22.3 Å². The summed E-state index contributed by atoms with van der Waals surface area (Å²) in [5.41, 5.74) is 1.26. The normalized spacial score (nSPS) is 14.3. The van der Waals surface area contributed by atoms with Gasteiger partial charge in [-0.3, -0.25) is 9.59 Å². The molecule has 0 saturated heterocycles. The van der Waals surface area contributed by atoms with Gasteiger partial charge in [0.1, 0.15) is 11.5 Å². The summed E-state index contributed by atoms with van der Waals surface area (Å²) in [5, 5.41) is 2.98. The number of carbonyl (C=O) groups is 2. The number of aryl methyl sites for hydroxylation is 2. The second kappa shape index (κ2) is 8.20. The molecule has 0 bridgehead atoms. The van der Waals surface area contributed by atoms with Gasteiger partial charge in [0.15, 0.2) is 0 Å². The minimum absolute atomic E-state index is 0.0580. The van der Waals surface area contributed by atoms with E-state index in [1.54, 1.807) is 6.07 Å². The van der Waals surface area contributed by atoms with Gasteiger partial charge in [0.25, 0.3) is 11.8 Å². The predicted octanol–water partition coefficient (Wildman–Crippen LogP) is 5.86. The van der Waals surface area contributed by atoms with E-state index in [0.717, 1.165) is 41.5 Å². The molecule has 8 heteroatoms. The summed E-state index contributed by atoms with van der Waals surface area (Å²) < 4.78 is 53.1. The van der Waals surface area contributed by atoms with E-state index in [1.807, 2.05) is 26.0 Å². The van der Waals surface area contributed by atoms with Crippen LogP contribution in [-0.2, 0) is 15.8 Å². The zero-order chi connectivity index (χ0) is 23.9. The first-order chi connectivity index (χ1) is 15.6. The van der Waals surface area contributed by atoms with Crippen molar-refractivity contribution in [1.29, 1.82) is 0 Å². The average molecular weight is 454 g/mol. The van der Waals surface area contributed by atoms with Gasteiger partial charge in [0.05, 0.1) is 16.8 Å². The Hall–Kier alpha value is -3.94. The Kier molecular flexibility index (Phi) is 5.53. The first-order valence-corrected chi connectivity index (χ1v) is 9.97. The van der Waals surface area contributed by atoms with Crippen LogP contribution in [0.15, 0.2) is 72.4 Å². The molecule has 0 radical (unpaired) electrons. The number of nitrogens with zero attached hydrogens (tertiary/aromatic N) is 1. The number of nitrogens with one attached hydrogen (secondary N) is 1. The summed E-state index contributed by atoms with van der Waals surface area (Å²) in [6.07, 6.45) is -4.64. The molecule has 2 amide bonds. The summed E-state index contributed by atoms with van der Waals surface area (Å²) in [6.45, 7) is 3.72. The molecule has 4 rings (SSSR count). The number of rotatable bonds is 4. The number of halogens is 4. The van der Waals surface area contributed by atoms with Crippen molar-refractivity contribution in [2.45, 2.75) is 20.0 Å². The van der Waals surface area contributed by atoms with Gasteiger partial charge in [0, 0.05) is 5.69 Å². The van der Waals surface area contributed by atoms with Gasteiger partial charge in [-0.15, -0.1) is 0 Å². The molecule has 1 N–H and O–H groups in total. The molecular formula is C25H18F4N2O2. The molecule has 0 atom stereocenters. The summed E-state index contributed by atoms with van der Waals surface area (Å²) >= 11 is 0. The second-order valence-electron chi connectivity index (χ2n) is 7.69. The van der Waals surface area contributed by atoms with Gasteiger partial charge in [-0.1, -0.05) is 35.9 Å². The molecule has 1 aliphatic heterocycles. The molecule has 33 heavy (non-hydrogen) atoms. The molecular weight excluding hydrogens is 436 g/mol. The molecule has 0 saturated carbocycles. The number of hydrogen-bond donors (Lipinski definition) is 1. The van der Waals surface area contributed by atoms with E-state index < -0.39 is 29.4 Å². The average Bonchev–Trinajstić information content (AvgIpc) is 2.99. The van der Waals surface area contributed by atoms with E-state index in [2.05, 4.69) is 5.32 Å². The van der Waals surface area contributed by atoms with E-state index in [0.29, 0.717) is 10.6 Å². The molecule has 1 aliphatic rings. The predicted molar refractivity (Wildman–Crippen MR) is 117 cm³/mol. The van der Waals surface area contributed by atoms with Gasteiger partial charge in [-0.2, -0.15) is 13.2 Å². The zero-order valence-corrected chi connectivity index (χ0v) is 17.6. The molecule has 1 heterocycles. The minimum atomic E-state index is -4.64. The van der Waals surface area contributed by atoms with Gasteiger partial charge in [-0.05, 0) is 61.4 Å². The zero-order valence-electron chi connectivity index (χ0n) is 17.6. The SMILES string of the molecule is Cc1ccc(NC2=C(c3ccc(F)cc3)C(=O)N(c3cccc(C(F)(F)F)c3)C2=O)c(C)c1. The molecule has 0 fully saturated rings. The largest absolute Gasteiger partial charge is 0.416 e. The van der Waals surface area contributed by atoms with Crippen molar-refractivity contribution in [2.75, 3.05) is 10.2 Å². The highest BCUT2D eigenvalue weighted by molar-refractivity contribution is 6.46. The van der Waals surface area contributed by atoms with E-state index in [-0.39, 0.29) is 22.5 Å². The van der Waals surface area contributed by atoms with E-state index >= 15 is 0 Å². The van der Waals surface area contributed by atoms with Crippen molar-refractivity contribution >= 4 is 28.8 Å². The lowest BCUT2D eigenvalue weighted by molar-refractivity contribution is -0.137. The van der Waals surface area contributed by atoms with Gasteiger partial charge < -0.3 is 5.32 Å². The van der Waals surface area contributed by atoms with Crippen LogP contribution in [0.2, 0.25) is 0 Å². The maximum absolute atomic E-state index is 13.5. The molecule has 0 aliphatic carbocycles. The highest BCUT2D eigenvalue weighted by Crippen LogP contribution is 2.37. The van der Waals surface area contributed by atoms with Crippen molar-refractivity contribution in [2.24, 2.45) is 0 Å². The Balaban J connectivity index is 1.83. The van der Waals surface area contributed by atoms with Crippen LogP contribution in [0, 0.1) is 19.7 Å². The monoisotopic (exact) mass is 454 g/mol. The topological polar surface area (TPSA) is 49.4 Å². The summed E-state index contributed by atoms with van der Waals surface area (Å²) in [5.74, 6) is -2.15. The highest BCUT2D eigenvalue weighted by Gasteiger charge is 2.41. The van der Waals surface area contributed by atoms with Gasteiger partial charge >= 0.3 is 6.18 Å². The third kappa shape index (κ3) is 4.24. The Morgan fingerprint density at radius 3 is 2.18 bits per heavy atom. The molecule has 3 aromatic carbocycles. The molecule has 168 valence electrons. The fraction of sp³-hybridized carbons (Fsp3) is 0.120. The molecule has 3 aromatic rings. The highest BCUT2D eigenvalue weighted by atomic mass is 19.4. The first-order valence-electron chi connectivity index (χ1n) is 9.97. The number of imide groups is 1. The number of alkyl halides is 3. The second-order valence-corrected chi connectivity index (χ2v) is 7.69. The number of carbonyl (C=O) groups excluding carboxylic acids is 2. The molecule has 0 spiro atoms. The van der Waals surface area contributed by atoms with Crippen LogP contribution in [0.4, 0.5) is 28.9 Å². The smallest absolute Gasteiger partial charge is 0.350 e. The van der Waals surface area contributed by atoms with E-state index in [1.165, 1.54) is 18.2 Å². The molecule has 0 unspecified atom stereocenters. The summed E-state index contributed by atoms with van der Waals surface area (Å²) in [6, 6.07) is 14.4. The van der Waals surface area contributed by atoms with Crippen LogP contribution in [0.5, 0.6) is 0 Å². The number of anilines is 2. The quantitative estimate of drug-likeness (QED) is 0.397. The fourth-order valence-corrected chi connectivity index (χ4v) is 3.67. The van der Waals surface area contributed by atoms with E-state index in [4.69, 9.17) is 0 Å². The van der Waals surface area contributed by atoms with Crippen LogP contribution in [0.3, 0.4) is 0 Å². The van der Waals surface area contributed by atoms with Crippen LogP contribution >= 0.6 is 0 Å². The third-order valence-corrected chi connectivity index (χ3v) is 5.29. The molecule has 4 nitrogen and oxygen atoms in total. The van der Waals surface area contributed by atoms with Crippen molar-refractivity contribution in [3.05, 3.63) is 100 Å². The first kappa shape index (κ1) is 22.3. The lowest BCUT2D eigenvalue weighted by Gasteiger charge is -2.17. The molecule has 0 aromatic heterocycles. The van der Waals surface area contributed by atoms with E-state index in [9.17, 15) is 27.2 Å². The lowest BCUT2D eigenvalue weighted by atomic mass is 10.0. The Labute approximate surface area is 187 Å². The van der Waals surface area contributed by atoms with Gasteiger partial charge in [0.2, 0.25) is 0 Å². The lowest BCUT2D eigenvalue weighted by Crippen LogP contribution is -2.32. The maximum atomic E-state index is 13.5. The van der Waals surface area contributed by atoms with Crippen LogP contribution in [-0.4, -0.2) is 11.8 Å². The number of benzene rings is 3.